The van der Waals surface area contributed by atoms with Crippen LogP contribution in [0.1, 0.15) is 52.9 Å². The molecule has 15 heavy (non-hydrogen) atoms. The molecule has 2 heteroatoms. The van der Waals surface area contributed by atoms with Crippen LogP contribution in [0.25, 0.3) is 0 Å². The first-order valence-electron chi connectivity index (χ1n) is 6.33. The van der Waals surface area contributed by atoms with Crippen LogP contribution in [-0.2, 0) is 4.79 Å². The number of carbonyl (C=O) groups is 1. The molecule has 0 aliphatic carbocycles. The third kappa shape index (κ3) is 4.78. The van der Waals surface area contributed by atoms with E-state index in [0.717, 1.165) is 13.0 Å². The minimum Gasteiger partial charge on any atom is -0.300 e. The van der Waals surface area contributed by atoms with Gasteiger partial charge in [-0.15, -0.1) is 0 Å². The highest BCUT2D eigenvalue weighted by molar-refractivity contribution is 5.76. The predicted molar refractivity (Wildman–Crippen MR) is 64.0 cm³/mol. The van der Waals surface area contributed by atoms with E-state index in [0.29, 0.717) is 17.7 Å². The van der Waals surface area contributed by atoms with Gasteiger partial charge in [-0.25, -0.2) is 0 Å². The zero-order chi connectivity index (χ0) is 11.3. The largest absolute Gasteiger partial charge is 0.300 e. The Hall–Kier alpha value is -0.370. The van der Waals surface area contributed by atoms with Crippen molar-refractivity contribution in [3.63, 3.8) is 0 Å². The highest BCUT2D eigenvalue weighted by Crippen LogP contribution is 2.20. The van der Waals surface area contributed by atoms with Crippen molar-refractivity contribution in [2.45, 2.75) is 58.9 Å². The molecule has 1 saturated heterocycles. The molecule has 0 spiro atoms. The average molecular weight is 211 g/mol. The van der Waals surface area contributed by atoms with Gasteiger partial charge in [0.15, 0.2) is 0 Å². The number of carbonyl (C=O) groups excluding carboxylic acids is 1. The Labute approximate surface area is 94.0 Å². The second-order valence-electron chi connectivity index (χ2n) is 5.30. The lowest BCUT2D eigenvalue weighted by molar-refractivity contribution is -0.118. The number of rotatable bonds is 4. The molecule has 0 aromatic rings. The summed E-state index contributed by atoms with van der Waals surface area (Å²) in [6.07, 6.45) is 5.91. The molecule has 1 fully saturated rings. The van der Waals surface area contributed by atoms with Gasteiger partial charge in [-0.1, -0.05) is 26.7 Å². The van der Waals surface area contributed by atoms with Gasteiger partial charge in [0.2, 0.25) is 0 Å². The van der Waals surface area contributed by atoms with Crippen molar-refractivity contribution in [2.75, 3.05) is 13.1 Å². The van der Waals surface area contributed by atoms with E-state index in [4.69, 9.17) is 0 Å². The maximum atomic E-state index is 11.2. The number of ketones is 1. The zero-order valence-corrected chi connectivity index (χ0v) is 10.5. The van der Waals surface area contributed by atoms with E-state index in [9.17, 15) is 4.79 Å². The van der Waals surface area contributed by atoms with E-state index in [2.05, 4.69) is 18.7 Å². The maximum absolute atomic E-state index is 11.2. The summed E-state index contributed by atoms with van der Waals surface area (Å²) in [6.45, 7) is 8.58. The molecular formula is C13H25NO. The van der Waals surface area contributed by atoms with Crippen LogP contribution in [0.15, 0.2) is 0 Å². The van der Waals surface area contributed by atoms with Gasteiger partial charge in [0.25, 0.3) is 0 Å². The minimum absolute atomic E-state index is 0.343. The molecule has 0 aromatic carbocycles. The molecule has 1 aliphatic heterocycles. The summed E-state index contributed by atoms with van der Waals surface area (Å²) >= 11 is 0. The summed E-state index contributed by atoms with van der Waals surface area (Å²) in [5.74, 6) is 1.05. The van der Waals surface area contributed by atoms with Crippen molar-refractivity contribution in [1.29, 1.82) is 0 Å². The van der Waals surface area contributed by atoms with Crippen LogP contribution in [0, 0.1) is 5.92 Å². The van der Waals surface area contributed by atoms with E-state index in [1.165, 1.54) is 32.2 Å². The van der Waals surface area contributed by atoms with Gasteiger partial charge in [-0.05, 0) is 32.2 Å². The Morgan fingerprint density at radius 2 is 2.07 bits per heavy atom. The first-order valence-corrected chi connectivity index (χ1v) is 6.33. The standard InChI is InChI=1S/C13H25NO/c1-11(2)10-14-8-6-4-5-7-13(14)9-12(3)15/h11,13H,4-10H2,1-3H3. The highest BCUT2D eigenvalue weighted by Gasteiger charge is 2.22. The van der Waals surface area contributed by atoms with E-state index in [-0.39, 0.29) is 0 Å². The van der Waals surface area contributed by atoms with Gasteiger partial charge in [-0.3, -0.25) is 9.69 Å². The Balaban J connectivity index is 2.54. The molecule has 0 bridgehead atoms. The normalized spacial score (nSPS) is 24.1. The van der Waals surface area contributed by atoms with E-state index in [1.54, 1.807) is 6.92 Å². The fourth-order valence-electron chi connectivity index (χ4n) is 2.51. The number of Topliss-reactive ketones (excluding diaryl/α,β-unsaturated/α-hetero) is 1. The molecule has 0 amide bonds. The first-order chi connectivity index (χ1) is 7.09. The van der Waals surface area contributed by atoms with Gasteiger partial charge >= 0.3 is 0 Å². The van der Waals surface area contributed by atoms with Crippen molar-refractivity contribution in [2.24, 2.45) is 5.92 Å². The molecule has 0 N–H and O–H groups in total. The zero-order valence-electron chi connectivity index (χ0n) is 10.5. The molecule has 0 radical (unpaired) electrons. The predicted octanol–water partition coefficient (Wildman–Crippen LogP) is 2.87. The van der Waals surface area contributed by atoms with Crippen LogP contribution in [0.3, 0.4) is 0 Å². The van der Waals surface area contributed by atoms with E-state index >= 15 is 0 Å². The van der Waals surface area contributed by atoms with Crippen LogP contribution < -0.4 is 0 Å². The van der Waals surface area contributed by atoms with Gasteiger partial charge in [-0.2, -0.15) is 0 Å². The third-order valence-corrected chi connectivity index (χ3v) is 3.12. The highest BCUT2D eigenvalue weighted by atomic mass is 16.1. The lowest BCUT2D eigenvalue weighted by Gasteiger charge is -2.30. The fourth-order valence-corrected chi connectivity index (χ4v) is 2.51. The molecule has 1 heterocycles. The SMILES string of the molecule is CC(=O)CC1CCCCCN1CC(C)C. The minimum atomic E-state index is 0.343. The average Bonchev–Trinajstić information content (AvgIpc) is 2.30. The Morgan fingerprint density at radius 1 is 1.33 bits per heavy atom. The fraction of sp³-hybridized carbons (Fsp3) is 0.923. The second kappa shape index (κ2) is 6.26. The van der Waals surface area contributed by atoms with E-state index < -0.39 is 0 Å². The van der Waals surface area contributed by atoms with Gasteiger partial charge in [0.05, 0.1) is 0 Å². The molecule has 0 aromatic heterocycles. The van der Waals surface area contributed by atoms with Crippen LogP contribution in [-0.4, -0.2) is 29.8 Å². The second-order valence-corrected chi connectivity index (χ2v) is 5.30. The van der Waals surface area contributed by atoms with E-state index in [1.807, 2.05) is 0 Å². The number of nitrogens with zero attached hydrogens (tertiary/aromatic N) is 1. The van der Waals surface area contributed by atoms with Crippen molar-refractivity contribution in [3.8, 4) is 0 Å². The molecule has 1 atom stereocenters. The van der Waals surface area contributed by atoms with Crippen molar-refractivity contribution in [1.82, 2.24) is 4.90 Å². The molecule has 88 valence electrons. The Morgan fingerprint density at radius 3 is 2.67 bits per heavy atom. The van der Waals surface area contributed by atoms with Crippen LogP contribution in [0.2, 0.25) is 0 Å². The molecule has 1 unspecified atom stereocenters. The summed E-state index contributed by atoms with van der Waals surface area (Å²) in [7, 11) is 0. The molecule has 1 aliphatic rings. The summed E-state index contributed by atoms with van der Waals surface area (Å²) in [5, 5.41) is 0. The molecule has 0 saturated carbocycles. The lowest BCUT2D eigenvalue weighted by Crippen LogP contribution is -2.38. The van der Waals surface area contributed by atoms with Crippen molar-refractivity contribution >= 4 is 5.78 Å². The van der Waals surface area contributed by atoms with Crippen molar-refractivity contribution in [3.05, 3.63) is 0 Å². The lowest BCUT2D eigenvalue weighted by atomic mass is 10.0. The number of hydrogen-bond acceptors (Lipinski definition) is 2. The van der Waals surface area contributed by atoms with Gasteiger partial charge < -0.3 is 0 Å². The summed E-state index contributed by atoms with van der Waals surface area (Å²) < 4.78 is 0. The number of likely N-dealkylation sites (tertiary alicyclic amines) is 1. The van der Waals surface area contributed by atoms with Gasteiger partial charge in [0, 0.05) is 19.0 Å². The summed E-state index contributed by atoms with van der Waals surface area (Å²) in [6, 6.07) is 0.521. The monoisotopic (exact) mass is 211 g/mol. The third-order valence-electron chi connectivity index (χ3n) is 3.12. The number of hydrogen-bond donors (Lipinski definition) is 0. The Bertz CT molecular complexity index is 201. The van der Waals surface area contributed by atoms with Gasteiger partial charge in [0.1, 0.15) is 5.78 Å². The topological polar surface area (TPSA) is 20.3 Å². The van der Waals surface area contributed by atoms with Crippen LogP contribution in [0.5, 0.6) is 0 Å². The van der Waals surface area contributed by atoms with Crippen LogP contribution in [0.4, 0.5) is 0 Å². The quantitative estimate of drug-likeness (QED) is 0.712. The smallest absolute Gasteiger partial charge is 0.131 e. The van der Waals surface area contributed by atoms with Crippen LogP contribution >= 0.6 is 0 Å². The van der Waals surface area contributed by atoms with Crippen molar-refractivity contribution < 1.29 is 4.79 Å². The molecule has 1 rings (SSSR count). The maximum Gasteiger partial charge on any atom is 0.131 e. The summed E-state index contributed by atoms with van der Waals surface area (Å²) in [4.78, 5) is 13.8. The Kier molecular flexibility index (Phi) is 5.30. The molecular weight excluding hydrogens is 186 g/mol. The molecule has 2 nitrogen and oxygen atoms in total. The summed E-state index contributed by atoms with van der Waals surface area (Å²) in [5.41, 5.74) is 0. The first kappa shape index (κ1) is 12.7.